The Morgan fingerprint density at radius 2 is 2.12 bits per heavy atom. The summed E-state index contributed by atoms with van der Waals surface area (Å²) < 4.78 is 10.2. The first-order valence-corrected chi connectivity index (χ1v) is 5.30. The lowest BCUT2D eigenvalue weighted by Gasteiger charge is -2.13. The van der Waals surface area contributed by atoms with Crippen LogP contribution >= 0.6 is 0 Å². The maximum absolute atomic E-state index is 11.3. The molecule has 4 heteroatoms. The number of methoxy groups -OCH3 is 1. The molecule has 0 amide bonds. The molecule has 0 spiro atoms. The molecule has 0 N–H and O–H groups in total. The summed E-state index contributed by atoms with van der Waals surface area (Å²) in [6.45, 7) is 1.65. The van der Waals surface area contributed by atoms with Crippen molar-refractivity contribution in [3.63, 3.8) is 0 Å². The Labute approximate surface area is 99.2 Å². The van der Waals surface area contributed by atoms with E-state index < -0.39 is 12.1 Å². The zero-order valence-corrected chi connectivity index (χ0v) is 9.71. The van der Waals surface area contributed by atoms with Crippen molar-refractivity contribution < 1.29 is 14.3 Å². The predicted octanol–water partition coefficient (Wildman–Crippen LogP) is 2.18. The largest absolute Gasteiger partial charge is 0.478 e. The molecule has 0 fully saturated rings. The molecule has 0 radical (unpaired) electrons. The van der Waals surface area contributed by atoms with E-state index in [1.54, 1.807) is 13.1 Å². The average molecular weight is 231 g/mol. The van der Waals surface area contributed by atoms with Crippen molar-refractivity contribution >= 4 is 16.9 Å². The molecule has 0 aliphatic rings. The van der Waals surface area contributed by atoms with E-state index in [-0.39, 0.29) is 0 Å². The van der Waals surface area contributed by atoms with E-state index in [2.05, 4.69) is 9.72 Å². The Bertz CT molecular complexity index is 534. The summed E-state index contributed by atoms with van der Waals surface area (Å²) in [4.78, 5) is 15.5. The number of benzene rings is 1. The van der Waals surface area contributed by atoms with Gasteiger partial charge in [-0.3, -0.25) is 4.98 Å². The average Bonchev–Trinajstić information content (AvgIpc) is 2.38. The molecule has 0 saturated heterocycles. The van der Waals surface area contributed by atoms with Crippen LogP contribution in [-0.2, 0) is 9.53 Å². The predicted molar refractivity (Wildman–Crippen MR) is 63.8 cm³/mol. The summed E-state index contributed by atoms with van der Waals surface area (Å²) in [5, 5.41) is 0.880. The summed E-state index contributed by atoms with van der Waals surface area (Å²) in [7, 11) is 1.34. The highest BCUT2D eigenvalue weighted by atomic mass is 16.6. The Hall–Kier alpha value is -2.10. The van der Waals surface area contributed by atoms with E-state index in [1.807, 2.05) is 30.3 Å². The van der Waals surface area contributed by atoms with E-state index >= 15 is 0 Å². The number of hydrogen-bond acceptors (Lipinski definition) is 4. The van der Waals surface area contributed by atoms with Crippen molar-refractivity contribution in [2.75, 3.05) is 7.11 Å². The van der Waals surface area contributed by atoms with Crippen molar-refractivity contribution in [3.8, 4) is 5.75 Å². The number of fused-ring (bicyclic) bond motifs is 1. The molecule has 0 unspecified atom stereocenters. The fourth-order valence-corrected chi connectivity index (χ4v) is 1.58. The molecule has 1 aromatic carbocycles. The molecule has 0 bridgehead atoms. The van der Waals surface area contributed by atoms with Crippen LogP contribution in [0, 0.1) is 0 Å². The maximum atomic E-state index is 11.3. The molecule has 0 saturated carbocycles. The third-order valence-corrected chi connectivity index (χ3v) is 2.44. The first kappa shape index (κ1) is 11.4. The second kappa shape index (κ2) is 4.82. The second-order valence-corrected chi connectivity index (χ2v) is 3.61. The van der Waals surface area contributed by atoms with Crippen LogP contribution in [0.25, 0.3) is 10.9 Å². The highest BCUT2D eigenvalue weighted by Gasteiger charge is 2.15. The van der Waals surface area contributed by atoms with Crippen molar-refractivity contribution in [1.29, 1.82) is 0 Å². The lowest BCUT2D eigenvalue weighted by Crippen LogP contribution is -2.24. The number of carbonyl (C=O) groups is 1. The molecule has 0 aliphatic carbocycles. The minimum absolute atomic E-state index is 0.397. The quantitative estimate of drug-likeness (QED) is 0.759. The van der Waals surface area contributed by atoms with Crippen LogP contribution in [0.1, 0.15) is 6.92 Å². The van der Waals surface area contributed by atoms with Crippen molar-refractivity contribution in [2.45, 2.75) is 13.0 Å². The molecule has 1 heterocycles. The van der Waals surface area contributed by atoms with Crippen LogP contribution in [0.3, 0.4) is 0 Å². The number of nitrogens with zero attached hydrogens (tertiary/aromatic N) is 1. The lowest BCUT2D eigenvalue weighted by atomic mass is 10.2. The topological polar surface area (TPSA) is 48.4 Å². The van der Waals surface area contributed by atoms with Gasteiger partial charge in [-0.25, -0.2) is 4.79 Å². The molecule has 1 atom stereocenters. The standard InChI is InChI=1S/C13H13NO3/c1-9(13(15)16-2)17-12-7-3-6-11-10(12)5-4-8-14-11/h3-9H,1-2H3/t9-/m1/s1. The Balaban J connectivity index is 2.33. The summed E-state index contributed by atoms with van der Waals surface area (Å²) in [5.41, 5.74) is 0.835. The highest BCUT2D eigenvalue weighted by molar-refractivity contribution is 5.85. The van der Waals surface area contributed by atoms with Crippen LogP contribution in [0.4, 0.5) is 0 Å². The molecule has 1 aromatic heterocycles. The molecule has 17 heavy (non-hydrogen) atoms. The van der Waals surface area contributed by atoms with Gasteiger partial charge in [0.1, 0.15) is 5.75 Å². The zero-order chi connectivity index (χ0) is 12.3. The van der Waals surface area contributed by atoms with Gasteiger partial charge in [-0.2, -0.15) is 0 Å². The minimum Gasteiger partial charge on any atom is -0.478 e. The molecular weight excluding hydrogens is 218 g/mol. The van der Waals surface area contributed by atoms with Gasteiger partial charge in [0.15, 0.2) is 6.10 Å². The van der Waals surface area contributed by atoms with Crippen molar-refractivity contribution in [1.82, 2.24) is 4.98 Å². The smallest absolute Gasteiger partial charge is 0.346 e. The third-order valence-electron chi connectivity index (χ3n) is 2.44. The number of esters is 1. The Morgan fingerprint density at radius 3 is 2.88 bits per heavy atom. The number of carbonyl (C=O) groups excluding carboxylic acids is 1. The fraction of sp³-hybridized carbons (Fsp3) is 0.231. The van der Waals surface area contributed by atoms with Crippen LogP contribution in [0.2, 0.25) is 0 Å². The van der Waals surface area contributed by atoms with Crippen LogP contribution in [0.15, 0.2) is 36.5 Å². The molecule has 0 aliphatic heterocycles. The van der Waals surface area contributed by atoms with E-state index in [9.17, 15) is 4.79 Å². The number of ether oxygens (including phenoxy) is 2. The normalized spacial score (nSPS) is 12.1. The van der Waals surface area contributed by atoms with E-state index in [4.69, 9.17) is 4.74 Å². The zero-order valence-electron chi connectivity index (χ0n) is 9.71. The maximum Gasteiger partial charge on any atom is 0.346 e. The monoisotopic (exact) mass is 231 g/mol. The first-order chi connectivity index (χ1) is 8.22. The van der Waals surface area contributed by atoms with E-state index in [0.717, 1.165) is 10.9 Å². The Morgan fingerprint density at radius 1 is 1.29 bits per heavy atom. The minimum atomic E-state index is -0.634. The van der Waals surface area contributed by atoms with Crippen LogP contribution in [0.5, 0.6) is 5.75 Å². The molecule has 2 aromatic rings. The van der Waals surface area contributed by atoms with Gasteiger partial charge in [0.05, 0.1) is 12.6 Å². The Kier molecular flexibility index (Phi) is 3.23. The number of hydrogen-bond donors (Lipinski definition) is 0. The second-order valence-electron chi connectivity index (χ2n) is 3.61. The van der Waals surface area contributed by atoms with Crippen LogP contribution in [-0.4, -0.2) is 24.2 Å². The van der Waals surface area contributed by atoms with Crippen molar-refractivity contribution in [2.24, 2.45) is 0 Å². The molecule has 2 rings (SSSR count). The van der Waals surface area contributed by atoms with Gasteiger partial charge in [-0.15, -0.1) is 0 Å². The fourth-order valence-electron chi connectivity index (χ4n) is 1.58. The number of rotatable bonds is 3. The first-order valence-electron chi connectivity index (χ1n) is 5.30. The van der Waals surface area contributed by atoms with Gasteiger partial charge in [-0.1, -0.05) is 6.07 Å². The lowest BCUT2D eigenvalue weighted by molar-refractivity contribution is -0.147. The van der Waals surface area contributed by atoms with Gasteiger partial charge in [0.25, 0.3) is 0 Å². The van der Waals surface area contributed by atoms with Gasteiger partial charge >= 0.3 is 5.97 Å². The van der Waals surface area contributed by atoms with Gasteiger partial charge < -0.3 is 9.47 Å². The third kappa shape index (κ3) is 2.36. The van der Waals surface area contributed by atoms with Gasteiger partial charge in [0, 0.05) is 11.6 Å². The number of aromatic nitrogens is 1. The molecule has 4 nitrogen and oxygen atoms in total. The number of pyridine rings is 1. The summed E-state index contributed by atoms with van der Waals surface area (Å²) >= 11 is 0. The summed E-state index contributed by atoms with van der Waals surface area (Å²) in [5.74, 6) is 0.236. The van der Waals surface area contributed by atoms with E-state index in [0.29, 0.717) is 5.75 Å². The van der Waals surface area contributed by atoms with Gasteiger partial charge in [0.2, 0.25) is 0 Å². The SMILES string of the molecule is COC(=O)[C@@H](C)Oc1cccc2ncccc12. The highest BCUT2D eigenvalue weighted by Crippen LogP contribution is 2.24. The van der Waals surface area contributed by atoms with Gasteiger partial charge in [-0.05, 0) is 31.2 Å². The summed E-state index contributed by atoms with van der Waals surface area (Å²) in [6.07, 6.45) is 1.08. The summed E-state index contributed by atoms with van der Waals surface area (Å²) in [6, 6.07) is 9.28. The van der Waals surface area contributed by atoms with E-state index in [1.165, 1.54) is 7.11 Å². The molecular formula is C13H13NO3. The van der Waals surface area contributed by atoms with Crippen LogP contribution < -0.4 is 4.74 Å². The molecule has 88 valence electrons. The van der Waals surface area contributed by atoms with Crippen molar-refractivity contribution in [3.05, 3.63) is 36.5 Å².